The van der Waals surface area contributed by atoms with E-state index in [0.29, 0.717) is 24.5 Å². The summed E-state index contributed by atoms with van der Waals surface area (Å²) in [6.45, 7) is 5.23. The molecule has 7 nitrogen and oxygen atoms in total. The highest BCUT2D eigenvalue weighted by atomic mass is 16.5. The van der Waals surface area contributed by atoms with E-state index in [2.05, 4.69) is 15.4 Å². The molecule has 0 aromatic carbocycles. The number of methoxy groups -OCH3 is 1. The molecule has 20 heavy (non-hydrogen) atoms. The molecule has 0 saturated heterocycles. The van der Waals surface area contributed by atoms with Crippen LogP contribution >= 0.6 is 0 Å². The van der Waals surface area contributed by atoms with Gasteiger partial charge in [0.05, 0.1) is 17.9 Å². The number of nitrogens with zero attached hydrogens (tertiary/aromatic N) is 4. The molecule has 0 amide bonds. The number of amidine groups is 1. The lowest BCUT2D eigenvalue weighted by atomic mass is 10.0. The average Bonchev–Trinajstić information content (AvgIpc) is 2.49. The zero-order valence-electron chi connectivity index (χ0n) is 12.6. The van der Waals surface area contributed by atoms with Crippen LogP contribution in [0, 0.1) is 0 Å². The van der Waals surface area contributed by atoms with E-state index in [1.54, 1.807) is 7.11 Å². The van der Waals surface area contributed by atoms with Gasteiger partial charge in [-0.25, -0.2) is 0 Å². The minimum absolute atomic E-state index is 0.0608. The number of anilines is 1. The van der Waals surface area contributed by atoms with Gasteiger partial charge in [0.1, 0.15) is 0 Å². The normalized spacial score (nSPS) is 11.7. The topological polar surface area (TPSA) is 96.9 Å². The Morgan fingerprint density at radius 2 is 2.05 bits per heavy atom. The Morgan fingerprint density at radius 1 is 1.35 bits per heavy atom. The van der Waals surface area contributed by atoms with E-state index in [-0.39, 0.29) is 5.84 Å². The van der Waals surface area contributed by atoms with Crippen LogP contribution in [0.1, 0.15) is 30.7 Å². The van der Waals surface area contributed by atoms with Crippen molar-refractivity contribution >= 4 is 11.7 Å². The van der Waals surface area contributed by atoms with Crippen LogP contribution in [-0.2, 0) is 17.6 Å². The summed E-state index contributed by atoms with van der Waals surface area (Å²) >= 11 is 0. The molecule has 0 atom stereocenters. The Labute approximate surface area is 119 Å². The summed E-state index contributed by atoms with van der Waals surface area (Å²) in [7, 11) is 3.52. The van der Waals surface area contributed by atoms with Crippen molar-refractivity contribution in [2.24, 2.45) is 10.9 Å². The number of hydrogen-bond donors (Lipinski definition) is 2. The van der Waals surface area contributed by atoms with E-state index in [4.69, 9.17) is 15.7 Å². The maximum absolute atomic E-state index is 9.03. The molecule has 1 aromatic rings. The zero-order chi connectivity index (χ0) is 15.1. The van der Waals surface area contributed by atoms with Gasteiger partial charge in [0, 0.05) is 20.7 Å². The molecular formula is C13H23N5O2. The summed E-state index contributed by atoms with van der Waals surface area (Å²) < 4.78 is 5.06. The second kappa shape index (κ2) is 7.64. The van der Waals surface area contributed by atoms with Crippen molar-refractivity contribution in [2.75, 3.05) is 32.2 Å². The Bertz CT molecular complexity index is 476. The van der Waals surface area contributed by atoms with E-state index in [9.17, 15) is 0 Å². The molecule has 0 aliphatic carbocycles. The maximum Gasteiger partial charge on any atom is 0.174 e. The summed E-state index contributed by atoms with van der Waals surface area (Å²) in [4.78, 5) is 1.89. The van der Waals surface area contributed by atoms with Gasteiger partial charge in [-0.1, -0.05) is 19.0 Å². The van der Waals surface area contributed by atoms with E-state index >= 15 is 0 Å². The van der Waals surface area contributed by atoms with Crippen LogP contribution in [0.3, 0.4) is 0 Å². The van der Waals surface area contributed by atoms with Gasteiger partial charge in [0.2, 0.25) is 0 Å². The fourth-order valence-electron chi connectivity index (χ4n) is 2.08. The molecule has 0 bridgehead atoms. The number of aromatic nitrogens is 2. The maximum atomic E-state index is 9.03. The van der Waals surface area contributed by atoms with Gasteiger partial charge in [0.15, 0.2) is 11.7 Å². The summed E-state index contributed by atoms with van der Waals surface area (Å²) in [5, 5.41) is 20.6. The van der Waals surface area contributed by atoms with Crippen LogP contribution in [0.4, 0.5) is 5.82 Å². The molecule has 0 aliphatic heterocycles. The fourth-order valence-corrected chi connectivity index (χ4v) is 2.08. The van der Waals surface area contributed by atoms with Crippen LogP contribution in [-0.4, -0.2) is 48.5 Å². The van der Waals surface area contributed by atoms with Gasteiger partial charge < -0.3 is 20.6 Å². The number of oxime groups is 1. The highest BCUT2D eigenvalue weighted by Gasteiger charge is 2.20. The van der Waals surface area contributed by atoms with E-state index in [0.717, 1.165) is 24.1 Å². The average molecular weight is 281 g/mol. The van der Waals surface area contributed by atoms with Crippen molar-refractivity contribution in [1.29, 1.82) is 0 Å². The first-order valence-electron chi connectivity index (χ1n) is 6.66. The first kappa shape index (κ1) is 16.2. The number of likely N-dealkylation sites (N-methyl/N-ethyl adjacent to an activating group) is 1. The molecule has 0 radical (unpaired) electrons. The van der Waals surface area contributed by atoms with Gasteiger partial charge in [-0.15, -0.1) is 5.10 Å². The van der Waals surface area contributed by atoms with E-state index in [1.165, 1.54) is 0 Å². The second-order valence-corrected chi connectivity index (χ2v) is 4.43. The van der Waals surface area contributed by atoms with Crippen molar-refractivity contribution in [3.63, 3.8) is 0 Å². The molecular weight excluding hydrogens is 258 g/mol. The van der Waals surface area contributed by atoms with Gasteiger partial charge in [-0.3, -0.25) is 0 Å². The molecule has 1 heterocycles. The fraction of sp³-hybridized carbons (Fsp3) is 0.615. The van der Waals surface area contributed by atoms with Crippen LogP contribution < -0.4 is 10.6 Å². The summed E-state index contributed by atoms with van der Waals surface area (Å²) in [5.74, 6) is 0.664. The predicted octanol–water partition coefficient (Wildman–Crippen LogP) is 0.779. The van der Waals surface area contributed by atoms with Crippen LogP contribution in [0.15, 0.2) is 5.16 Å². The van der Waals surface area contributed by atoms with Crippen molar-refractivity contribution in [3.05, 3.63) is 16.8 Å². The van der Waals surface area contributed by atoms with Gasteiger partial charge >= 0.3 is 0 Å². The monoisotopic (exact) mass is 281 g/mol. The van der Waals surface area contributed by atoms with Gasteiger partial charge in [-0.2, -0.15) is 5.10 Å². The second-order valence-electron chi connectivity index (χ2n) is 4.43. The lowest BCUT2D eigenvalue weighted by Crippen LogP contribution is -2.29. The third-order valence-corrected chi connectivity index (χ3v) is 3.18. The number of ether oxygens (including phenoxy) is 1. The molecule has 0 spiro atoms. The molecule has 0 fully saturated rings. The molecule has 1 aromatic heterocycles. The quantitative estimate of drug-likeness (QED) is 0.332. The molecule has 3 N–H and O–H groups in total. The highest BCUT2D eigenvalue weighted by Crippen LogP contribution is 2.23. The Balaban J connectivity index is 3.36. The highest BCUT2D eigenvalue weighted by molar-refractivity contribution is 6.02. The third-order valence-electron chi connectivity index (χ3n) is 3.18. The number of rotatable bonds is 7. The Kier molecular flexibility index (Phi) is 6.17. The van der Waals surface area contributed by atoms with E-state index in [1.807, 2.05) is 25.8 Å². The standard InChI is InChI=1S/C13H23N5O2/c1-5-9-10(6-2)15-16-13(11(9)12(14)17-19)18(3)7-8-20-4/h19H,5-8H2,1-4H3,(H2,14,17). The van der Waals surface area contributed by atoms with Gasteiger partial charge in [0.25, 0.3) is 0 Å². The van der Waals surface area contributed by atoms with Crippen molar-refractivity contribution in [2.45, 2.75) is 26.7 Å². The van der Waals surface area contributed by atoms with Crippen molar-refractivity contribution in [3.8, 4) is 0 Å². The molecule has 0 aliphatic rings. The molecule has 1 rings (SSSR count). The predicted molar refractivity (Wildman–Crippen MR) is 78.4 cm³/mol. The molecule has 112 valence electrons. The Hall–Kier alpha value is -1.89. The summed E-state index contributed by atoms with van der Waals surface area (Å²) in [5.41, 5.74) is 8.33. The lowest BCUT2D eigenvalue weighted by Gasteiger charge is -2.22. The first-order chi connectivity index (χ1) is 9.60. The Morgan fingerprint density at radius 3 is 2.55 bits per heavy atom. The molecule has 0 saturated carbocycles. The zero-order valence-corrected chi connectivity index (χ0v) is 12.6. The largest absolute Gasteiger partial charge is 0.409 e. The number of aryl methyl sites for hydroxylation is 1. The van der Waals surface area contributed by atoms with Gasteiger partial charge in [-0.05, 0) is 18.4 Å². The molecule has 0 unspecified atom stereocenters. The van der Waals surface area contributed by atoms with Crippen LogP contribution in [0.5, 0.6) is 0 Å². The van der Waals surface area contributed by atoms with Crippen LogP contribution in [0.25, 0.3) is 0 Å². The first-order valence-corrected chi connectivity index (χ1v) is 6.66. The van der Waals surface area contributed by atoms with Crippen molar-refractivity contribution < 1.29 is 9.94 Å². The third kappa shape index (κ3) is 3.36. The number of hydrogen-bond acceptors (Lipinski definition) is 6. The smallest absolute Gasteiger partial charge is 0.174 e. The summed E-state index contributed by atoms with van der Waals surface area (Å²) in [6, 6.07) is 0. The number of nitrogens with two attached hydrogens (primary N) is 1. The SMILES string of the molecule is CCc1nnc(N(C)CCOC)c(C(N)=NO)c1CC. The summed E-state index contributed by atoms with van der Waals surface area (Å²) in [6.07, 6.45) is 1.50. The minimum Gasteiger partial charge on any atom is -0.409 e. The van der Waals surface area contributed by atoms with Crippen LogP contribution in [0.2, 0.25) is 0 Å². The van der Waals surface area contributed by atoms with Crippen molar-refractivity contribution in [1.82, 2.24) is 10.2 Å². The molecule has 7 heteroatoms. The lowest BCUT2D eigenvalue weighted by molar-refractivity contribution is 0.206. The minimum atomic E-state index is 0.0608. The van der Waals surface area contributed by atoms with E-state index < -0.39 is 0 Å².